The summed E-state index contributed by atoms with van der Waals surface area (Å²) < 4.78 is 0. The van der Waals surface area contributed by atoms with Crippen molar-refractivity contribution in [1.82, 2.24) is 0 Å². The van der Waals surface area contributed by atoms with Crippen molar-refractivity contribution in [2.24, 2.45) is 0 Å². The maximum Gasteiger partial charge on any atom is 0.218 e. The van der Waals surface area contributed by atoms with E-state index < -0.39 is 11.6 Å². The Morgan fingerprint density at radius 3 is 0.571 bits per heavy atom. The third-order valence-corrected chi connectivity index (χ3v) is 6.44. The second kappa shape index (κ2) is 15.6. The monoisotopic (exact) mass is 400 g/mol. The third kappa shape index (κ3) is 12.4. The van der Waals surface area contributed by atoms with E-state index in [9.17, 15) is 20.4 Å². The Kier molecular flexibility index (Phi) is 14.5. The Morgan fingerprint density at radius 2 is 0.393 bits per heavy atom. The summed E-state index contributed by atoms with van der Waals surface area (Å²) in [4.78, 5) is 0. The minimum absolute atomic E-state index is 0.0278. The van der Waals surface area contributed by atoms with Crippen molar-refractivity contribution in [1.29, 1.82) is 0 Å². The first-order valence-corrected chi connectivity index (χ1v) is 12.4. The predicted molar refractivity (Wildman–Crippen MR) is 116 cm³/mol. The van der Waals surface area contributed by atoms with Crippen LogP contribution < -0.4 is 0 Å². The quantitative estimate of drug-likeness (QED) is 0.379. The minimum Gasteiger partial charge on any atom is -0.361 e. The third-order valence-electron chi connectivity index (χ3n) is 6.44. The molecule has 0 aromatic heterocycles. The average Bonchev–Trinajstić information content (AvgIpc) is 2.65. The molecule has 0 aromatic rings. The van der Waals surface area contributed by atoms with E-state index in [1.165, 1.54) is 89.9 Å². The van der Waals surface area contributed by atoms with Crippen LogP contribution in [-0.4, -0.2) is 32.0 Å². The van der Waals surface area contributed by atoms with Gasteiger partial charge in [-0.2, -0.15) is 0 Å². The fraction of sp³-hybridized carbons (Fsp3) is 1.00. The summed E-state index contributed by atoms with van der Waals surface area (Å²) in [5.74, 6) is -4.80. The lowest BCUT2D eigenvalue weighted by atomic mass is 9.93. The summed E-state index contributed by atoms with van der Waals surface area (Å²) in [7, 11) is 0. The number of rotatable bonds is 0. The standard InChI is InChI=1S/C24H48O4/c25-23(26)21-19-17-15-13-11-9-7-5-3-1-2-4-6-8-10-12-14-16-18-20-22-24(23,27)28/h25-28H,1-22H2. The molecule has 1 fully saturated rings. The summed E-state index contributed by atoms with van der Waals surface area (Å²) >= 11 is 0. The van der Waals surface area contributed by atoms with Crippen LogP contribution in [0.1, 0.15) is 141 Å². The summed E-state index contributed by atoms with van der Waals surface area (Å²) in [6.07, 6.45) is 23.8. The van der Waals surface area contributed by atoms with E-state index in [1.807, 2.05) is 0 Å². The molecule has 4 heteroatoms. The van der Waals surface area contributed by atoms with Crippen molar-refractivity contribution in [3.63, 3.8) is 0 Å². The van der Waals surface area contributed by atoms with E-state index in [0.717, 1.165) is 25.7 Å². The average molecular weight is 401 g/mol. The molecule has 28 heavy (non-hydrogen) atoms. The van der Waals surface area contributed by atoms with Crippen LogP contribution in [-0.2, 0) is 0 Å². The first-order valence-electron chi connectivity index (χ1n) is 12.4. The maximum absolute atomic E-state index is 10.1. The van der Waals surface area contributed by atoms with Gasteiger partial charge in [0.25, 0.3) is 0 Å². The molecule has 1 aliphatic rings. The largest absolute Gasteiger partial charge is 0.361 e. The lowest BCUT2D eigenvalue weighted by Gasteiger charge is -2.35. The van der Waals surface area contributed by atoms with E-state index in [2.05, 4.69) is 0 Å². The molecular weight excluding hydrogens is 352 g/mol. The lowest BCUT2D eigenvalue weighted by Crippen LogP contribution is -2.54. The van der Waals surface area contributed by atoms with Crippen LogP contribution in [0.25, 0.3) is 0 Å². The summed E-state index contributed by atoms with van der Waals surface area (Å²) in [6.45, 7) is 0. The number of hydrogen-bond donors (Lipinski definition) is 4. The zero-order valence-corrected chi connectivity index (χ0v) is 18.3. The molecule has 0 saturated heterocycles. The van der Waals surface area contributed by atoms with E-state index in [0.29, 0.717) is 12.8 Å². The predicted octanol–water partition coefficient (Wildman–Crippen LogP) is 5.94. The molecule has 0 heterocycles. The van der Waals surface area contributed by atoms with Gasteiger partial charge in [-0.1, -0.05) is 116 Å². The zero-order chi connectivity index (χ0) is 20.6. The topological polar surface area (TPSA) is 80.9 Å². The van der Waals surface area contributed by atoms with Gasteiger partial charge in [-0.15, -0.1) is 0 Å². The molecule has 0 spiro atoms. The van der Waals surface area contributed by atoms with Gasteiger partial charge in [0.05, 0.1) is 0 Å². The SMILES string of the molecule is OC1(O)CCCCCCCCCCCCCCCCCCCCCCC1(O)O. The smallest absolute Gasteiger partial charge is 0.218 e. The number of hydrogen-bond acceptors (Lipinski definition) is 4. The van der Waals surface area contributed by atoms with Crippen molar-refractivity contribution >= 4 is 0 Å². The molecule has 1 aliphatic carbocycles. The highest BCUT2D eigenvalue weighted by molar-refractivity contribution is 4.82. The van der Waals surface area contributed by atoms with Gasteiger partial charge in [-0.05, 0) is 12.8 Å². The molecule has 0 radical (unpaired) electrons. The Balaban J connectivity index is 2.31. The van der Waals surface area contributed by atoms with Crippen molar-refractivity contribution in [3.8, 4) is 0 Å². The van der Waals surface area contributed by atoms with Crippen LogP contribution in [0, 0.1) is 0 Å². The molecule has 168 valence electrons. The van der Waals surface area contributed by atoms with Gasteiger partial charge in [-0.25, -0.2) is 0 Å². The van der Waals surface area contributed by atoms with Gasteiger partial charge < -0.3 is 20.4 Å². The van der Waals surface area contributed by atoms with Crippen molar-refractivity contribution in [2.45, 2.75) is 153 Å². The number of aliphatic hydroxyl groups is 4. The normalized spacial score (nSPS) is 26.1. The van der Waals surface area contributed by atoms with Crippen LogP contribution in [0.4, 0.5) is 0 Å². The van der Waals surface area contributed by atoms with Gasteiger partial charge in [0.1, 0.15) is 0 Å². The highest BCUT2D eigenvalue weighted by Crippen LogP contribution is 2.29. The molecule has 0 amide bonds. The van der Waals surface area contributed by atoms with E-state index in [1.54, 1.807) is 0 Å². The lowest BCUT2D eigenvalue weighted by molar-refractivity contribution is -0.361. The highest BCUT2D eigenvalue weighted by atomic mass is 16.6. The fourth-order valence-electron chi connectivity index (χ4n) is 4.33. The summed E-state index contributed by atoms with van der Waals surface area (Å²) in [5, 5.41) is 40.5. The van der Waals surface area contributed by atoms with Crippen molar-refractivity contribution in [3.05, 3.63) is 0 Å². The van der Waals surface area contributed by atoms with Crippen LogP contribution in [0.5, 0.6) is 0 Å². The van der Waals surface area contributed by atoms with E-state index >= 15 is 0 Å². The fourth-order valence-corrected chi connectivity index (χ4v) is 4.33. The first-order chi connectivity index (χ1) is 13.5. The van der Waals surface area contributed by atoms with Crippen LogP contribution in [0.2, 0.25) is 0 Å². The van der Waals surface area contributed by atoms with Gasteiger partial charge in [0, 0.05) is 12.8 Å². The zero-order valence-electron chi connectivity index (χ0n) is 18.3. The maximum atomic E-state index is 10.1. The second-order valence-electron chi connectivity index (χ2n) is 9.20. The first kappa shape index (κ1) is 25.9. The molecule has 1 saturated carbocycles. The Morgan fingerprint density at radius 1 is 0.250 bits per heavy atom. The molecule has 4 N–H and O–H groups in total. The van der Waals surface area contributed by atoms with Gasteiger partial charge >= 0.3 is 0 Å². The molecule has 0 bridgehead atoms. The molecule has 1 rings (SSSR count). The van der Waals surface area contributed by atoms with Gasteiger partial charge in [0.15, 0.2) is 0 Å². The van der Waals surface area contributed by atoms with Crippen LogP contribution >= 0.6 is 0 Å². The molecule has 0 aliphatic heterocycles. The van der Waals surface area contributed by atoms with Gasteiger partial charge in [-0.3, -0.25) is 0 Å². The molecule has 0 atom stereocenters. The summed E-state index contributed by atoms with van der Waals surface area (Å²) in [6, 6.07) is 0. The minimum atomic E-state index is -2.40. The van der Waals surface area contributed by atoms with Crippen LogP contribution in [0.3, 0.4) is 0 Å². The molecule has 0 unspecified atom stereocenters. The van der Waals surface area contributed by atoms with Crippen molar-refractivity contribution < 1.29 is 20.4 Å². The van der Waals surface area contributed by atoms with E-state index in [4.69, 9.17) is 0 Å². The Bertz CT molecular complexity index is 321. The van der Waals surface area contributed by atoms with Crippen LogP contribution in [0.15, 0.2) is 0 Å². The van der Waals surface area contributed by atoms with Crippen molar-refractivity contribution in [2.75, 3.05) is 0 Å². The Hall–Kier alpha value is -0.160. The summed E-state index contributed by atoms with van der Waals surface area (Å²) in [5.41, 5.74) is 0. The second-order valence-corrected chi connectivity index (χ2v) is 9.20. The highest BCUT2D eigenvalue weighted by Gasteiger charge is 2.45. The molecule has 4 nitrogen and oxygen atoms in total. The molecule has 0 aromatic carbocycles. The Labute approximate surface area is 173 Å². The van der Waals surface area contributed by atoms with E-state index in [-0.39, 0.29) is 12.8 Å². The molecular formula is C24H48O4. The van der Waals surface area contributed by atoms with Gasteiger partial charge in [0.2, 0.25) is 11.6 Å².